The molecular weight excluding hydrogens is 284 g/mol. The molecule has 3 nitrogen and oxygen atoms in total. The Bertz CT molecular complexity index is 808. The maximum atomic E-state index is 10.2. The number of fused-ring (bicyclic) bond motifs is 1. The topological polar surface area (TPSA) is 38.0 Å². The van der Waals surface area contributed by atoms with E-state index in [9.17, 15) is 5.11 Å². The van der Waals surface area contributed by atoms with Crippen molar-refractivity contribution in [1.29, 1.82) is 0 Å². The van der Waals surface area contributed by atoms with Gasteiger partial charge in [-0.1, -0.05) is 30.7 Å². The van der Waals surface area contributed by atoms with E-state index >= 15 is 0 Å². The third kappa shape index (κ3) is 2.38. The van der Waals surface area contributed by atoms with Gasteiger partial charge in [-0.2, -0.15) is 0 Å². The van der Waals surface area contributed by atoms with Crippen molar-refractivity contribution in [2.24, 2.45) is 0 Å². The number of nitrogens with zero attached hydrogens (tertiary/aromatic N) is 2. The third-order valence-electron chi connectivity index (χ3n) is 3.56. The van der Waals surface area contributed by atoms with Crippen molar-refractivity contribution in [2.45, 2.75) is 26.8 Å². The maximum Gasteiger partial charge on any atom is 0.144 e. The highest BCUT2D eigenvalue weighted by Crippen LogP contribution is 2.34. The number of halogens is 1. The van der Waals surface area contributed by atoms with E-state index in [2.05, 4.69) is 16.5 Å². The van der Waals surface area contributed by atoms with E-state index in [1.54, 1.807) is 6.07 Å². The quantitative estimate of drug-likeness (QED) is 0.756. The first-order chi connectivity index (χ1) is 10.1. The zero-order valence-corrected chi connectivity index (χ0v) is 12.9. The monoisotopic (exact) mass is 300 g/mol. The van der Waals surface area contributed by atoms with Crippen LogP contribution in [0.4, 0.5) is 0 Å². The number of para-hydroxylation sites is 1. The van der Waals surface area contributed by atoms with Crippen LogP contribution in [0.2, 0.25) is 5.02 Å². The second-order valence-corrected chi connectivity index (χ2v) is 5.62. The largest absolute Gasteiger partial charge is 0.507 e. The van der Waals surface area contributed by atoms with E-state index in [1.165, 1.54) is 0 Å². The minimum Gasteiger partial charge on any atom is -0.507 e. The lowest BCUT2D eigenvalue weighted by Gasteiger charge is -2.10. The van der Waals surface area contributed by atoms with Crippen molar-refractivity contribution >= 4 is 22.6 Å². The summed E-state index contributed by atoms with van der Waals surface area (Å²) in [5.41, 5.74) is 3.54. The van der Waals surface area contributed by atoms with Crippen molar-refractivity contribution in [2.75, 3.05) is 0 Å². The Balaban J connectivity index is 2.31. The summed E-state index contributed by atoms with van der Waals surface area (Å²) in [6, 6.07) is 11.4. The number of phenols is 1. The van der Waals surface area contributed by atoms with Gasteiger partial charge in [0.05, 0.1) is 21.6 Å². The van der Waals surface area contributed by atoms with E-state index < -0.39 is 0 Å². The fourth-order valence-electron chi connectivity index (χ4n) is 2.62. The van der Waals surface area contributed by atoms with E-state index in [0.29, 0.717) is 5.02 Å². The summed E-state index contributed by atoms with van der Waals surface area (Å²) >= 11 is 6.34. The van der Waals surface area contributed by atoms with Crippen LogP contribution in [0.15, 0.2) is 36.4 Å². The predicted molar refractivity (Wildman–Crippen MR) is 86.9 cm³/mol. The Labute approximate surface area is 128 Å². The zero-order valence-electron chi connectivity index (χ0n) is 12.1. The summed E-state index contributed by atoms with van der Waals surface area (Å²) in [5, 5.41) is 10.9. The third-order valence-corrected chi connectivity index (χ3v) is 3.86. The van der Waals surface area contributed by atoms with Gasteiger partial charge in [0.2, 0.25) is 0 Å². The molecular formula is C17H17ClN2O. The maximum absolute atomic E-state index is 10.2. The molecule has 108 valence electrons. The Kier molecular flexibility index (Phi) is 3.60. The highest BCUT2D eigenvalue weighted by molar-refractivity contribution is 6.35. The highest BCUT2D eigenvalue weighted by atomic mass is 35.5. The van der Waals surface area contributed by atoms with Gasteiger partial charge < -0.3 is 9.67 Å². The Hall–Kier alpha value is -2.00. The van der Waals surface area contributed by atoms with Crippen LogP contribution in [0, 0.1) is 6.92 Å². The first-order valence-corrected chi connectivity index (χ1v) is 7.44. The fraction of sp³-hybridized carbons (Fsp3) is 0.235. The smallest absolute Gasteiger partial charge is 0.144 e. The van der Waals surface area contributed by atoms with Gasteiger partial charge in [0, 0.05) is 6.54 Å². The predicted octanol–water partition coefficient (Wildman–Crippen LogP) is 4.78. The van der Waals surface area contributed by atoms with Crippen LogP contribution in [0.5, 0.6) is 5.75 Å². The molecule has 0 saturated heterocycles. The minimum atomic E-state index is 0.249. The van der Waals surface area contributed by atoms with Crippen molar-refractivity contribution in [1.82, 2.24) is 9.55 Å². The lowest BCUT2D eigenvalue weighted by molar-refractivity contribution is 0.476. The fourth-order valence-corrected chi connectivity index (χ4v) is 2.89. The highest BCUT2D eigenvalue weighted by Gasteiger charge is 2.16. The van der Waals surface area contributed by atoms with Crippen LogP contribution in [-0.2, 0) is 6.54 Å². The Morgan fingerprint density at radius 3 is 2.76 bits per heavy atom. The number of hydrogen-bond donors (Lipinski definition) is 1. The van der Waals surface area contributed by atoms with Crippen LogP contribution in [0.1, 0.15) is 18.9 Å². The summed E-state index contributed by atoms with van der Waals surface area (Å²) in [4.78, 5) is 4.67. The van der Waals surface area contributed by atoms with Gasteiger partial charge >= 0.3 is 0 Å². The van der Waals surface area contributed by atoms with E-state index in [4.69, 9.17) is 11.6 Å². The van der Waals surface area contributed by atoms with Crippen LogP contribution in [0.3, 0.4) is 0 Å². The SMILES string of the molecule is CCCn1c(-c2ccc(C)cc2O)nc2cccc(Cl)c21. The standard InChI is InChI=1S/C17H17ClN2O/c1-3-9-20-16-13(18)5-4-6-14(16)19-17(20)12-8-7-11(2)10-15(12)21/h4-8,10,21H,3,9H2,1-2H3. The summed E-state index contributed by atoms with van der Waals surface area (Å²) in [5.74, 6) is 1.01. The van der Waals surface area contributed by atoms with Crippen molar-refractivity contribution in [3.63, 3.8) is 0 Å². The van der Waals surface area contributed by atoms with Crippen LogP contribution in [-0.4, -0.2) is 14.7 Å². The number of rotatable bonds is 3. The molecule has 3 rings (SSSR count). The Morgan fingerprint density at radius 2 is 2.05 bits per heavy atom. The average Bonchev–Trinajstić information content (AvgIpc) is 2.79. The molecule has 21 heavy (non-hydrogen) atoms. The molecule has 2 aromatic carbocycles. The molecule has 0 atom stereocenters. The summed E-state index contributed by atoms with van der Waals surface area (Å²) in [6.45, 7) is 4.87. The van der Waals surface area contributed by atoms with E-state index in [-0.39, 0.29) is 5.75 Å². The van der Waals surface area contributed by atoms with Gasteiger partial charge in [0.15, 0.2) is 0 Å². The van der Waals surface area contributed by atoms with Crippen molar-refractivity contribution in [3.8, 4) is 17.1 Å². The first kappa shape index (κ1) is 14.0. The van der Waals surface area contributed by atoms with Crippen LogP contribution in [0.25, 0.3) is 22.4 Å². The second kappa shape index (κ2) is 5.41. The van der Waals surface area contributed by atoms with Crippen LogP contribution < -0.4 is 0 Å². The van der Waals surface area contributed by atoms with Gasteiger partial charge in [-0.15, -0.1) is 0 Å². The molecule has 0 saturated carbocycles. The van der Waals surface area contributed by atoms with Gasteiger partial charge in [0.1, 0.15) is 11.6 Å². The van der Waals surface area contributed by atoms with Crippen molar-refractivity contribution in [3.05, 3.63) is 47.0 Å². The molecule has 3 aromatic rings. The minimum absolute atomic E-state index is 0.249. The number of aromatic hydroxyl groups is 1. The molecule has 0 spiro atoms. The lowest BCUT2D eigenvalue weighted by atomic mass is 10.1. The van der Waals surface area contributed by atoms with Crippen LogP contribution >= 0.6 is 11.6 Å². The van der Waals surface area contributed by atoms with Gasteiger partial charge in [0.25, 0.3) is 0 Å². The zero-order chi connectivity index (χ0) is 15.0. The van der Waals surface area contributed by atoms with E-state index in [1.807, 2.05) is 37.3 Å². The Morgan fingerprint density at radius 1 is 1.24 bits per heavy atom. The molecule has 0 bridgehead atoms. The number of phenolic OH excluding ortho intramolecular Hbond substituents is 1. The molecule has 0 amide bonds. The average molecular weight is 301 g/mol. The second-order valence-electron chi connectivity index (χ2n) is 5.22. The first-order valence-electron chi connectivity index (χ1n) is 7.06. The van der Waals surface area contributed by atoms with Crippen molar-refractivity contribution < 1.29 is 5.11 Å². The number of imidazole rings is 1. The summed E-state index contributed by atoms with van der Waals surface area (Å²) in [6.07, 6.45) is 0.969. The summed E-state index contributed by atoms with van der Waals surface area (Å²) in [7, 11) is 0. The van der Waals surface area contributed by atoms with Gasteiger partial charge in [-0.25, -0.2) is 4.98 Å². The molecule has 1 aromatic heterocycles. The number of aromatic nitrogens is 2. The molecule has 0 radical (unpaired) electrons. The van der Waals surface area contributed by atoms with E-state index in [0.717, 1.165) is 41.0 Å². The van der Waals surface area contributed by atoms with Gasteiger partial charge in [-0.3, -0.25) is 0 Å². The normalized spacial score (nSPS) is 11.2. The number of benzene rings is 2. The molecule has 0 unspecified atom stereocenters. The molecule has 0 aliphatic rings. The molecule has 1 heterocycles. The number of aryl methyl sites for hydroxylation is 2. The molecule has 0 aliphatic carbocycles. The van der Waals surface area contributed by atoms with Gasteiger partial charge in [-0.05, 0) is 43.2 Å². The lowest BCUT2D eigenvalue weighted by Crippen LogP contribution is -2.00. The molecule has 4 heteroatoms. The summed E-state index contributed by atoms with van der Waals surface area (Å²) < 4.78 is 2.09. The molecule has 0 fully saturated rings. The molecule has 1 N–H and O–H groups in total. The molecule has 0 aliphatic heterocycles. The number of hydrogen-bond acceptors (Lipinski definition) is 2.